The third-order valence-electron chi connectivity index (χ3n) is 3.79. The number of nitrogens with one attached hydrogen (secondary N) is 1. The number of hydrogen-bond acceptors (Lipinski definition) is 4. The van der Waals surface area contributed by atoms with E-state index in [4.69, 9.17) is 5.11 Å². The summed E-state index contributed by atoms with van der Waals surface area (Å²) in [6.45, 7) is 6.25. The van der Waals surface area contributed by atoms with Crippen LogP contribution in [0.5, 0.6) is 0 Å². The zero-order valence-corrected chi connectivity index (χ0v) is 10.4. The van der Waals surface area contributed by atoms with Crippen LogP contribution < -0.4 is 5.32 Å². The molecule has 0 aromatic heterocycles. The van der Waals surface area contributed by atoms with E-state index in [1.165, 1.54) is 0 Å². The number of aliphatic hydroxyl groups is 1. The molecule has 5 heteroatoms. The zero-order valence-electron chi connectivity index (χ0n) is 10.4. The maximum absolute atomic E-state index is 12.0. The maximum atomic E-state index is 12.0. The van der Waals surface area contributed by atoms with Gasteiger partial charge in [0.1, 0.15) is 0 Å². The second-order valence-electron chi connectivity index (χ2n) is 5.03. The van der Waals surface area contributed by atoms with Crippen LogP contribution in [-0.4, -0.2) is 73.2 Å². The highest BCUT2D eigenvalue weighted by molar-refractivity contribution is 5.78. The first-order valence-electron chi connectivity index (χ1n) is 6.61. The number of rotatable bonds is 3. The third-order valence-corrected chi connectivity index (χ3v) is 3.79. The number of likely N-dealkylation sites (tertiary alicyclic amines) is 1. The lowest BCUT2D eigenvalue weighted by atomic mass is 9.98. The molecule has 2 fully saturated rings. The van der Waals surface area contributed by atoms with Crippen molar-refractivity contribution in [3.05, 3.63) is 0 Å². The average Bonchev–Trinajstić information content (AvgIpc) is 2.40. The van der Waals surface area contributed by atoms with Crippen molar-refractivity contribution in [1.29, 1.82) is 0 Å². The molecule has 2 aliphatic heterocycles. The molecule has 0 radical (unpaired) electrons. The first kappa shape index (κ1) is 12.8. The molecule has 2 N–H and O–H groups in total. The van der Waals surface area contributed by atoms with Crippen molar-refractivity contribution in [2.24, 2.45) is 5.92 Å². The van der Waals surface area contributed by atoms with Crippen molar-refractivity contribution in [2.75, 3.05) is 52.4 Å². The van der Waals surface area contributed by atoms with Gasteiger partial charge in [0.2, 0.25) is 5.91 Å². The fourth-order valence-electron chi connectivity index (χ4n) is 2.53. The fraction of sp³-hybridized carbons (Fsp3) is 0.917. The van der Waals surface area contributed by atoms with Crippen molar-refractivity contribution < 1.29 is 9.90 Å². The quantitative estimate of drug-likeness (QED) is 0.674. The smallest absolute Gasteiger partial charge is 0.236 e. The minimum atomic E-state index is 0.258. The first-order valence-corrected chi connectivity index (χ1v) is 6.61. The average molecular weight is 241 g/mol. The highest BCUT2D eigenvalue weighted by atomic mass is 16.3. The molecule has 0 spiro atoms. The van der Waals surface area contributed by atoms with Gasteiger partial charge in [0.15, 0.2) is 0 Å². The Kier molecular flexibility index (Phi) is 4.76. The molecule has 2 rings (SSSR count). The Bertz CT molecular complexity index is 246. The number of piperazine rings is 1. The molecule has 0 aromatic rings. The molecule has 2 heterocycles. The fourth-order valence-corrected chi connectivity index (χ4v) is 2.53. The standard InChI is InChI=1S/C12H23N3O2/c16-10-11-1-5-14(6-2-11)9-12(17)15-7-3-13-4-8-15/h11,13,16H,1-10H2. The van der Waals surface area contributed by atoms with E-state index in [2.05, 4.69) is 10.2 Å². The molecule has 2 saturated heterocycles. The van der Waals surface area contributed by atoms with Gasteiger partial charge in [-0.15, -0.1) is 0 Å². The number of hydrogen-bond donors (Lipinski definition) is 2. The molecule has 0 saturated carbocycles. The molecule has 0 aliphatic carbocycles. The van der Waals surface area contributed by atoms with Crippen molar-refractivity contribution in [2.45, 2.75) is 12.8 Å². The molecule has 2 aliphatic rings. The summed E-state index contributed by atoms with van der Waals surface area (Å²) < 4.78 is 0. The molecule has 0 bridgehead atoms. The summed E-state index contributed by atoms with van der Waals surface area (Å²) in [7, 11) is 0. The SMILES string of the molecule is O=C(CN1CCC(CO)CC1)N1CCNCC1. The second-order valence-corrected chi connectivity index (χ2v) is 5.03. The number of amides is 1. The van der Waals surface area contributed by atoms with E-state index in [9.17, 15) is 4.79 Å². The summed E-state index contributed by atoms with van der Waals surface area (Å²) in [5, 5.41) is 12.3. The number of carbonyl (C=O) groups is 1. The lowest BCUT2D eigenvalue weighted by molar-refractivity contribution is -0.133. The molecule has 0 unspecified atom stereocenters. The van der Waals surface area contributed by atoms with Gasteiger partial charge in [0.25, 0.3) is 0 Å². The molecule has 0 aromatic carbocycles. The first-order chi connectivity index (χ1) is 8.29. The maximum Gasteiger partial charge on any atom is 0.236 e. The molecule has 98 valence electrons. The van der Waals surface area contributed by atoms with Gasteiger partial charge in [-0.25, -0.2) is 0 Å². The predicted octanol–water partition coefficient (Wildman–Crippen LogP) is -0.877. The second kappa shape index (κ2) is 6.33. The van der Waals surface area contributed by atoms with Gasteiger partial charge in [-0.2, -0.15) is 0 Å². The number of nitrogens with zero attached hydrogens (tertiary/aromatic N) is 2. The highest BCUT2D eigenvalue weighted by Gasteiger charge is 2.23. The monoisotopic (exact) mass is 241 g/mol. The largest absolute Gasteiger partial charge is 0.396 e. The summed E-state index contributed by atoms with van der Waals surface area (Å²) in [5.41, 5.74) is 0. The van der Waals surface area contributed by atoms with Crippen LogP contribution in [0.3, 0.4) is 0 Å². The van der Waals surface area contributed by atoms with E-state index in [0.717, 1.165) is 52.1 Å². The van der Waals surface area contributed by atoms with E-state index in [1.807, 2.05) is 4.90 Å². The molecular formula is C12H23N3O2. The van der Waals surface area contributed by atoms with E-state index >= 15 is 0 Å². The van der Waals surface area contributed by atoms with Gasteiger partial charge in [-0.05, 0) is 31.8 Å². The predicted molar refractivity (Wildman–Crippen MR) is 65.7 cm³/mol. The van der Waals surface area contributed by atoms with Crippen molar-refractivity contribution in [1.82, 2.24) is 15.1 Å². The van der Waals surface area contributed by atoms with Crippen LogP contribution in [0.15, 0.2) is 0 Å². The van der Waals surface area contributed by atoms with E-state index in [0.29, 0.717) is 19.1 Å². The Hall–Kier alpha value is -0.650. The van der Waals surface area contributed by atoms with Gasteiger partial charge in [0.05, 0.1) is 6.54 Å². The number of aliphatic hydroxyl groups excluding tert-OH is 1. The summed E-state index contributed by atoms with van der Waals surface area (Å²) in [5.74, 6) is 0.703. The van der Waals surface area contributed by atoms with Crippen LogP contribution in [0.1, 0.15) is 12.8 Å². The summed E-state index contributed by atoms with van der Waals surface area (Å²) >= 11 is 0. The van der Waals surface area contributed by atoms with Gasteiger partial charge >= 0.3 is 0 Å². The summed E-state index contributed by atoms with van der Waals surface area (Å²) in [4.78, 5) is 16.2. The Morgan fingerprint density at radius 1 is 1.18 bits per heavy atom. The van der Waals surface area contributed by atoms with Crippen LogP contribution in [-0.2, 0) is 4.79 Å². The van der Waals surface area contributed by atoms with E-state index in [-0.39, 0.29) is 5.91 Å². The third kappa shape index (κ3) is 3.66. The number of carbonyl (C=O) groups excluding carboxylic acids is 1. The van der Waals surface area contributed by atoms with E-state index < -0.39 is 0 Å². The van der Waals surface area contributed by atoms with Crippen molar-refractivity contribution in [3.8, 4) is 0 Å². The van der Waals surface area contributed by atoms with Gasteiger partial charge < -0.3 is 15.3 Å². The topological polar surface area (TPSA) is 55.8 Å². The normalized spacial score (nSPS) is 23.9. The van der Waals surface area contributed by atoms with Gasteiger partial charge in [0, 0.05) is 32.8 Å². The minimum absolute atomic E-state index is 0.258. The van der Waals surface area contributed by atoms with Gasteiger partial charge in [-0.3, -0.25) is 9.69 Å². The van der Waals surface area contributed by atoms with Crippen LogP contribution in [0.4, 0.5) is 0 Å². The molecule has 17 heavy (non-hydrogen) atoms. The van der Waals surface area contributed by atoms with Crippen LogP contribution in [0, 0.1) is 5.92 Å². The Balaban J connectivity index is 1.71. The van der Waals surface area contributed by atoms with Crippen LogP contribution in [0.2, 0.25) is 0 Å². The Morgan fingerprint density at radius 3 is 2.41 bits per heavy atom. The van der Waals surface area contributed by atoms with Crippen molar-refractivity contribution in [3.63, 3.8) is 0 Å². The highest BCUT2D eigenvalue weighted by Crippen LogP contribution is 2.16. The number of piperidine rings is 1. The van der Waals surface area contributed by atoms with Gasteiger partial charge in [-0.1, -0.05) is 0 Å². The zero-order chi connectivity index (χ0) is 12.1. The Morgan fingerprint density at radius 2 is 1.82 bits per heavy atom. The minimum Gasteiger partial charge on any atom is -0.396 e. The lowest BCUT2D eigenvalue weighted by Crippen LogP contribution is -2.50. The molecule has 0 atom stereocenters. The molecule has 5 nitrogen and oxygen atoms in total. The lowest BCUT2D eigenvalue weighted by Gasteiger charge is -2.33. The molecule has 1 amide bonds. The van der Waals surface area contributed by atoms with Crippen LogP contribution in [0.25, 0.3) is 0 Å². The summed E-state index contributed by atoms with van der Waals surface area (Å²) in [6.07, 6.45) is 2.04. The molecular weight excluding hydrogens is 218 g/mol. The Labute approximate surface area is 103 Å². The van der Waals surface area contributed by atoms with Crippen molar-refractivity contribution >= 4 is 5.91 Å². The summed E-state index contributed by atoms with van der Waals surface area (Å²) in [6, 6.07) is 0. The van der Waals surface area contributed by atoms with Crippen LogP contribution >= 0.6 is 0 Å². The van der Waals surface area contributed by atoms with E-state index in [1.54, 1.807) is 0 Å².